The first-order valence-corrected chi connectivity index (χ1v) is 6.08. The Balaban J connectivity index is -0.0000000539. The fraction of sp³-hybridized carbons (Fsp3) is 0.714. The molecular weight excluding hydrogens is 356 g/mol. The van der Waals surface area contributed by atoms with E-state index < -0.39 is 0 Å². The monoisotopic (exact) mass is 378 g/mol. The van der Waals surface area contributed by atoms with Gasteiger partial charge in [-0.15, -0.1) is 26.2 Å². The van der Waals surface area contributed by atoms with Gasteiger partial charge in [-0.3, -0.25) is 0 Å². The standard InChI is InChI=1S/2C5H10N.4CO.Mo/c2*1-2-4-6-5-3-1;4*1-2;/h2*1-5H2;;;;;/q2*-1;;;;;+2. The summed E-state index contributed by atoms with van der Waals surface area (Å²) in [6.45, 7) is 22.5. The summed E-state index contributed by atoms with van der Waals surface area (Å²) in [7, 11) is 0. The van der Waals surface area contributed by atoms with Gasteiger partial charge in [0.2, 0.25) is 0 Å². The van der Waals surface area contributed by atoms with E-state index in [0.717, 1.165) is 26.2 Å². The molecule has 0 spiro atoms. The van der Waals surface area contributed by atoms with Gasteiger partial charge >= 0.3 is 66.3 Å². The van der Waals surface area contributed by atoms with Gasteiger partial charge in [0.25, 0.3) is 0 Å². The van der Waals surface area contributed by atoms with Crippen LogP contribution in [0.4, 0.5) is 0 Å². The molecule has 0 aliphatic carbocycles. The maximum atomic E-state index is 7.50. The molecule has 0 N–H and O–H groups in total. The number of hydrogen-bond donors (Lipinski definition) is 0. The van der Waals surface area contributed by atoms with Crippen molar-refractivity contribution in [3.63, 3.8) is 0 Å². The molecule has 2 rings (SSSR count). The van der Waals surface area contributed by atoms with E-state index in [1.165, 1.54) is 38.5 Å². The summed E-state index contributed by atoms with van der Waals surface area (Å²) in [4.78, 5) is 0. The topological polar surface area (TPSA) is 108 Å². The third-order valence-corrected chi connectivity index (χ3v) is 2.26. The van der Waals surface area contributed by atoms with Gasteiger partial charge < -0.3 is 10.6 Å². The van der Waals surface area contributed by atoms with Gasteiger partial charge in [0.1, 0.15) is 0 Å². The van der Waals surface area contributed by atoms with Crippen LogP contribution in [0.2, 0.25) is 0 Å². The predicted octanol–water partition coefficient (Wildman–Crippen LogP) is 2.94. The Labute approximate surface area is 142 Å². The second kappa shape index (κ2) is 50.4. The van der Waals surface area contributed by atoms with Crippen LogP contribution in [-0.2, 0) is 39.7 Å². The van der Waals surface area contributed by atoms with Crippen molar-refractivity contribution < 1.29 is 39.7 Å². The third kappa shape index (κ3) is 45.1. The van der Waals surface area contributed by atoms with Crippen LogP contribution in [0.3, 0.4) is 0 Å². The molecule has 0 aromatic heterocycles. The summed E-state index contributed by atoms with van der Waals surface area (Å²) in [5.74, 6) is 0. The molecule has 2 fully saturated rings. The molecule has 116 valence electrons. The molecule has 2 aliphatic heterocycles. The van der Waals surface area contributed by atoms with Crippen LogP contribution < -0.4 is 0 Å². The average Bonchev–Trinajstić information content (AvgIpc) is 2.65. The molecule has 2 saturated heterocycles. The normalized spacial score (nSPS) is 14.1. The summed E-state index contributed by atoms with van der Waals surface area (Å²) in [5.41, 5.74) is 0. The van der Waals surface area contributed by atoms with Gasteiger partial charge in [-0.25, -0.2) is 0 Å². The third-order valence-electron chi connectivity index (χ3n) is 2.26. The number of nitrogens with zero attached hydrogens (tertiary/aromatic N) is 2. The maximum Gasteiger partial charge on any atom is 2.00 e. The van der Waals surface area contributed by atoms with Gasteiger partial charge in [-0.05, 0) is 0 Å². The molecule has 0 atom stereocenters. The van der Waals surface area contributed by atoms with Crippen LogP contribution in [0.5, 0.6) is 0 Å². The van der Waals surface area contributed by atoms with E-state index in [1.807, 2.05) is 0 Å². The zero-order chi connectivity index (χ0) is 16.5. The Hall–Kier alpha value is -0.432. The van der Waals surface area contributed by atoms with Crippen LogP contribution in [0.25, 0.3) is 10.6 Å². The Bertz CT molecular complexity index is 163. The average molecular weight is 376 g/mol. The summed E-state index contributed by atoms with van der Waals surface area (Å²) >= 11 is 0. The number of piperidine rings is 2. The molecule has 21 heavy (non-hydrogen) atoms. The molecule has 2 heterocycles. The van der Waals surface area contributed by atoms with E-state index in [1.54, 1.807) is 0 Å². The van der Waals surface area contributed by atoms with Crippen LogP contribution in [0.1, 0.15) is 38.5 Å². The first-order chi connectivity index (χ1) is 10.0. The molecule has 0 amide bonds. The zero-order valence-electron chi connectivity index (χ0n) is 12.0. The van der Waals surface area contributed by atoms with E-state index in [9.17, 15) is 0 Å². The predicted molar refractivity (Wildman–Crippen MR) is 69.6 cm³/mol. The molecule has 2 aliphatic rings. The van der Waals surface area contributed by atoms with E-state index in [2.05, 4.69) is 37.2 Å². The fourth-order valence-electron chi connectivity index (χ4n) is 1.47. The Morgan fingerprint density at radius 1 is 0.429 bits per heavy atom. The van der Waals surface area contributed by atoms with E-state index in [0.29, 0.717) is 0 Å². The van der Waals surface area contributed by atoms with Gasteiger partial charge in [0, 0.05) is 0 Å². The Kier molecular flexibility index (Phi) is 78.0. The molecule has 0 saturated carbocycles. The van der Waals surface area contributed by atoms with E-state index in [4.69, 9.17) is 18.6 Å². The van der Waals surface area contributed by atoms with Crippen molar-refractivity contribution >= 4 is 0 Å². The molecule has 7 heteroatoms. The second-order valence-electron chi connectivity index (χ2n) is 3.46. The first kappa shape index (κ1) is 32.5. The van der Waals surface area contributed by atoms with Gasteiger partial charge in [-0.1, -0.05) is 38.5 Å². The summed E-state index contributed by atoms with van der Waals surface area (Å²) in [5, 5.41) is 8.35. The van der Waals surface area contributed by atoms with Crippen molar-refractivity contribution in [2.45, 2.75) is 38.5 Å². The molecule has 0 bridgehead atoms. The smallest absolute Gasteiger partial charge is 2.00 e. The minimum absolute atomic E-state index is 0. The quantitative estimate of drug-likeness (QED) is 0.352. The molecule has 0 unspecified atom stereocenters. The molecule has 0 aromatic carbocycles. The second-order valence-corrected chi connectivity index (χ2v) is 3.46. The molecule has 0 aromatic rings. The van der Waals surface area contributed by atoms with Gasteiger partial charge in [0.15, 0.2) is 0 Å². The summed E-state index contributed by atoms with van der Waals surface area (Å²) in [6.07, 6.45) is 8.15. The van der Waals surface area contributed by atoms with Crippen molar-refractivity contribution in [1.29, 1.82) is 0 Å². The number of hydrogen-bond acceptors (Lipinski definition) is 0. The van der Waals surface area contributed by atoms with E-state index in [-0.39, 0.29) is 21.1 Å². The Morgan fingerprint density at radius 3 is 0.667 bits per heavy atom. The Morgan fingerprint density at radius 2 is 0.619 bits per heavy atom. The van der Waals surface area contributed by atoms with E-state index >= 15 is 0 Å². The van der Waals surface area contributed by atoms with Gasteiger partial charge in [-0.2, -0.15) is 0 Å². The van der Waals surface area contributed by atoms with Crippen molar-refractivity contribution in [3.05, 3.63) is 37.2 Å². The summed E-state index contributed by atoms with van der Waals surface area (Å²) < 4.78 is 30.0. The van der Waals surface area contributed by atoms with Crippen LogP contribution >= 0.6 is 0 Å². The fourth-order valence-corrected chi connectivity index (χ4v) is 1.47. The minimum atomic E-state index is 0. The maximum absolute atomic E-state index is 7.50. The largest absolute Gasteiger partial charge is 2.00 e. The van der Waals surface area contributed by atoms with Crippen LogP contribution in [0.15, 0.2) is 0 Å². The van der Waals surface area contributed by atoms with Crippen molar-refractivity contribution in [2.75, 3.05) is 26.2 Å². The summed E-state index contributed by atoms with van der Waals surface area (Å²) in [6, 6.07) is 0. The minimum Gasteiger partial charge on any atom is 2.00 e. The molecular formula is C14H20MoN2O4. The van der Waals surface area contributed by atoms with Gasteiger partial charge in [0.05, 0.1) is 0 Å². The van der Waals surface area contributed by atoms with Crippen LogP contribution in [0, 0.1) is 26.6 Å². The zero-order valence-corrected chi connectivity index (χ0v) is 14.0. The first-order valence-electron chi connectivity index (χ1n) is 6.08. The van der Waals surface area contributed by atoms with Crippen molar-refractivity contribution in [1.82, 2.24) is 0 Å². The molecule has 6 nitrogen and oxygen atoms in total. The van der Waals surface area contributed by atoms with Crippen molar-refractivity contribution in [3.8, 4) is 0 Å². The molecule has 0 radical (unpaired) electrons. The van der Waals surface area contributed by atoms with Crippen molar-refractivity contribution in [2.24, 2.45) is 0 Å². The SMILES string of the molecule is C1CC[N-]CC1.C1CC[N-]CC1.[C-]#[O+].[C-]#[O+].[C-]#[O+].[C-]#[O+].[Mo+2]. The van der Waals surface area contributed by atoms with Crippen LogP contribution in [-0.4, -0.2) is 26.2 Å². The number of rotatable bonds is 0.